The average molecular weight is 369 g/mol. The van der Waals surface area contributed by atoms with Gasteiger partial charge in [-0.15, -0.1) is 0 Å². The maximum atomic E-state index is 11.8. The molecule has 11 nitrogen and oxygen atoms in total. The molecular formula is C16H15N7O4. The Hall–Kier alpha value is -3.89. The van der Waals surface area contributed by atoms with Crippen LogP contribution in [0.4, 0.5) is 22.4 Å². The minimum absolute atomic E-state index is 0.0175. The lowest BCUT2D eigenvalue weighted by molar-refractivity contribution is 0.0929. The van der Waals surface area contributed by atoms with E-state index in [0.29, 0.717) is 33.7 Å². The number of allylic oxidation sites excluding steroid dienone is 2. The van der Waals surface area contributed by atoms with Gasteiger partial charge < -0.3 is 26.3 Å². The number of carbonyl (C=O) groups excluding carboxylic acids is 1. The van der Waals surface area contributed by atoms with Gasteiger partial charge in [0.05, 0.1) is 24.3 Å². The van der Waals surface area contributed by atoms with Gasteiger partial charge in [0.1, 0.15) is 28.4 Å². The quantitative estimate of drug-likeness (QED) is 0.563. The number of hydrogen-bond donors (Lipinski definition) is 3. The number of hydrogen-bond acceptors (Lipinski definition) is 11. The predicted octanol–water partition coefficient (Wildman–Crippen LogP) is 1.75. The lowest BCUT2D eigenvalue weighted by atomic mass is 9.86. The SMILES string of the molecule is COC(=O)OC1=C(C)Nc2nc(N)nc(N)c2C1c1cccc2nonc12. The fraction of sp³-hybridized carbons (Fsp3) is 0.188. The molecule has 0 fully saturated rings. The first-order valence-electron chi connectivity index (χ1n) is 7.87. The number of anilines is 3. The largest absolute Gasteiger partial charge is 0.513 e. The number of ether oxygens (including phenoxy) is 2. The Morgan fingerprint density at radius 2 is 2.07 bits per heavy atom. The zero-order chi connectivity index (χ0) is 19.1. The monoisotopic (exact) mass is 369 g/mol. The van der Waals surface area contributed by atoms with E-state index in [2.05, 4.69) is 30.3 Å². The fourth-order valence-electron chi connectivity index (χ4n) is 3.10. The molecule has 1 aliphatic heterocycles. The molecule has 11 heteroatoms. The van der Waals surface area contributed by atoms with Crippen molar-refractivity contribution < 1.29 is 18.9 Å². The molecule has 1 unspecified atom stereocenters. The van der Waals surface area contributed by atoms with Crippen molar-refractivity contribution >= 4 is 34.8 Å². The number of nitrogens with one attached hydrogen (secondary N) is 1. The van der Waals surface area contributed by atoms with Crippen molar-refractivity contribution in [1.29, 1.82) is 0 Å². The summed E-state index contributed by atoms with van der Waals surface area (Å²) >= 11 is 0. The minimum Gasteiger partial charge on any atom is -0.437 e. The summed E-state index contributed by atoms with van der Waals surface area (Å²) < 4.78 is 14.9. The van der Waals surface area contributed by atoms with Gasteiger partial charge in [-0.1, -0.05) is 12.1 Å². The second-order valence-corrected chi connectivity index (χ2v) is 5.81. The second-order valence-electron chi connectivity index (χ2n) is 5.81. The summed E-state index contributed by atoms with van der Waals surface area (Å²) in [7, 11) is 1.22. The van der Waals surface area contributed by atoms with Crippen LogP contribution in [0.25, 0.3) is 11.0 Å². The zero-order valence-corrected chi connectivity index (χ0v) is 14.4. The smallest absolute Gasteiger partial charge is 0.437 e. The van der Waals surface area contributed by atoms with Gasteiger partial charge in [0, 0.05) is 0 Å². The second kappa shape index (κ2) is 6.12. The molecular weight excluding hydrogens is 354 g/mol. The standard InChI is InChI=1S/C16H15N7O4/c1-6-12(26-16(24)25-2)9(7-4-3-5-8-11(7)23-27-22-8)10-13(17)20-15(18)21-14(10)19-6/h3-5,9H,1-2H3,(H5,17,18,19,20,21). The summed E-state index contributed by atoms with van der Waals surface area (Å²) in [6, 6.07) is 5.33. The summed E-state index contributed by atoms with van der Waals surface area (Å²) in [6.45, 7) is 1.73. The van der Waals surface area contributed by atoms with E-state index in [1.807, 2.05) is 0 Å². The highest BCUT2D eigenvalue weighted by Gasteiger charge is 2.36. The van der Waals surface area contributed by atoms with Crippen LogP contribution in [0.1, 0.15) is 24.0 Å². The van der Waals surface area contributed by atoms with E-state index in [0.717, 1.165) is 0 Å². The van der Waals surface area contributed by atoms with Crippen LogP contribution in [0.3, 0.4) is 0 Å². The number of fused-ring (bicyclic) bond motifs is 2. The molecule has 1 aliphatic rings. The van der Waals surface area contributed by atoms with Gasteiger partial charge in [0.2, 0.25) is 5.95 Å². The molecule has 2 aromatic heterocycles. The van der Waals surface area contributed by atoms with E-state index in [4.69, 9.17) is 20.8 Å². The molecule has 138 valence electrons. The van der Waals surface area contributed by atoms with Crippen LogP contribution in [0, 0.1) is 0 Å². The topological polar surface area (TPSA) is 164 Å². The van der Waals surface area contributed by atoms with Gasteiger partial charge in [-0.2, -0.15) is 9.97 Å². The molecule has 0 saturated carbocycles. The molecule has 5 N–H and O–H groups in total. The number of carbonyl (C=O) groups is 1. The molecule has 4 rings (SSSR count). The van der Waals surface area contributed by atoms with E-state index >= 15 is 0 Å². The Morgan fingerprint density at radius 3 is 2.85 bits per heavy atom. The normalized spacial score (nSPS) is 16.0. The van der Waals surface area contributed by atoms with E-state index in [9.17, 15) is 4.79 Å². The summed E-state index contributed by atoms with van der Waals surface area (Å²) in [5.74, 6) is 0.181. The van der Waals surface area contributed by atoms with Crippen molar-refractivity contribution in [3.05, 3.63) is 40.8 Å². The molecule has 3 aromatic rings. The lowest BCUT2D eigenvalue weighted by Gasteiger charge is -2.29. The van der Waals surface area contributed by atoms with E-state index < -0.39 is 12.1 Å². The lowest BCUT2D eigenvalue weighted by Crippen LogP contribution is -2.24. The Bertz CT molecular complexity index is 1090. The van der Waals surface area contributed by atoms with Crippen LogP contribution in [0.5, 0.6) is 0 Å². The van der Waals surface area contributed by atoms with Crippen molar-refractivity contribution in [2.75, 3.05) is 23.9 Å². The molecule has 0 spiro atoms. The van der Waals surface area contributed by atoms with Crippen LogP contribution < -0.4 is 16.8 Å². The number of methoxy groups -OCH3 is 1. The van der Waals surface area contributed by atoms with Gasteiger partial charge in [0.25, 0.3) is 0 Å². The predicted molar refractivity (Wildman–Crippen MR) is 94.3 cm³/mol. The molecule has 0 bridgehead atoms. The van der Waals surface area contributed by atoms with Crippen LogP contribution in [-0.4, -0.2) is 33.5 Å². The van der Waals surface area contributed by atoms with Crippen molar-refractivity contribution in [1.82, 2.24) is 20.3 Å². The highest BCUT2D eigenvalue weighted by Crippen LogP contribution is 2.45. The first kappa shape index (κ1) is 16.6. The van der Waals surface area contributed by atoms with Crippen LogP contribution in [0.2, 0.25) is 0 Å². The zero-order valence-electron chi connectivity index (χ0n) is 14.4. The molecule has 3 heterocycles. The van der Waals surface area contributed by atoms with Crippen LogP contribution in [-0.2, 0) is 9.47 Å². The number of aromatic nitrogens is 4. The maximum Gasteiger partial charge on any atom is 0.513 e. The molecule has 1 atom stereocenters. The van der Waals surface area contributed by atoms with Gasteiger partial charge in [-0.3, -0.25) is 0 Å². The highest BCUT2D eigenvalue weighted by atomic mass is 16.7. The third-order valence-corrected chi connectivity index (χ3v) is 4.21. The van der Waals surface area contributed by atoms with Crippen LogP contribution >= 0.6 is 0 Å². The summed E-state index contributed by atoms with van der Waals surface area (Å²) in [5, 5.41) is 10.9. The van der Waals surface area contributed by atoms with Gasteiger partial charge in [-0.05, 0) is 28.9 Å². The number of benzene rings is 1. The first-order valence-corrected chi connectivity index (χ1v) is 7.87. The summed E-state index contributed by atoms with van der Waals surface area (Å²) in [5.41, 5.74) is 14.6. The van der Waals surface area contributed by atoms with Gasteiger partial charge in [0.15, 0.2) is 0 Å². The molecule has 0 radical (unpaired) electrons. The van der Waals surface area contributed by atoms with Crippen molar-refractivity contribution in [2.45, 2.75) is 12.8 Å². The van der Waals surface area contributed by atoms with Crippen LogP contribution in [0.15, 0.2) is 34.3 Å². The maximum absolute atomic E-state index is 11.8. The molecule has 27 heavy (non-hydrogen) atoms. The first-order chi connectivity index (χ1) is 13.0. The molecule has 0 amide bonds. The summed E-state index contributed by atoms with van der Waals surface area (Å²) in [6.07, 6.45) is -0.875. The molecule has 0 saturated heterocycles. The average Bonchev–Trinajstić information content (AvgIpc) is 3.11. The molecule has 1 aromatic carbocycles. The third-order valence-electron chi connectivity index (χ3n) is 4.21. The van der Waals surface area contributed by atoms with E-state index in [1.165, 1.54) is 7.11 Å². The Labute approximate surface area is 152 Å². The van der Waals surface area contributed by atoms with Crippen molar-refractivity contribution in [2.24, 2.45) is 0 Å². The van der Waals surface area contributed by atoms with E-state index in [1.54, 1.807) is 25.1 Å². The highest BCUT2D eigenvalue weighted by molar-refractivity contribution is 5.81. The third kappa shape index (κ3) is 2.65. The van der Waals surface area contributed by atoms with Gasteiger partial charge in [-0.25, -0.2) is 9.42 Å². The molecule has 0 aliphatic carbocycles. The number of nitrogens with two attached hydrogens (primary N) is 2. The van der Waals surface area contributed by atoms with Crippen molar-refractivity contribution in [3.8, 4) is 0 Å². The minimum atomic E-state index is -0.875. The number of rotatable bonds is 2. The van der Waals surface area contributed by atoms with E-state index in [-0.39, 0.29) is 17.5 Å². The number of nitrogens with zero attached hydrogens (tertiary/aromatic N) is 4. The van der Waals surface area contributed by atoms with Crippen molar-refractivity contribution in [3.63, 3.8) is 0 Å². The Kier molecular flexibility index (Phi) is 3.76. The van der Waals surface area contributed by atoms with Gasteiger partial charge >= 0.3 is 6.16 Å². The summed E-state index contributed by atoms with van der Waals surface area (Å²) in [4.78, 5) is 20.1. The Balaban J connectivity index is 1.99. The Morgan fingerprint density at radius 1 is 1.26 bits per heavy atom. The number of nitrogen functional groups attached to an aromatic ring is 2. The fourth-order valence-corrected chi connectivity index (χ4v) is 3.10.